The topological polar surface area (TPSA) is 83.6 Å². The highest BCUT2D eigenvalue weighted by Crippen LogP contribution is 2.33. The van der Waals surface area contributed by atoms with E-state index in [2.05, 4.69) is 37.6 Å². The molecule has 1 saturated carbocycles. The molecule has 0 unspecified atom stereocenters. The molecule has 0 bridgehead atoms. The number of rotatable bonds is 8. The van der Waals surface area contributed by atoms with Crippen LogP contribution in [-0.2, 0) is 11.2 Å². The number of amides is 1. The van der Waals surface area contributed by atoms with Crippen LogP contribution in [0.25, 0.3) is 0 Å². The summed E-state index contributed by atoms with van der Waals surface area (Å²) < 4.78 is 2.27. The van der Waals surface area contributed by atoms with Crippen LogP contribution in [0.4, 0.5) is 0 Å². The third-order valence-corrected chi connectivity index (χ3v) is 6.30. The first kappa shape index (κ1) is 18.9. The molecular weight excluding hydrogens is 366 g/mol. The summed E-state index contributed by atoms with van der Waals surface area (Å²) >= 11 is 3.17. The molecule has 8 heteroatoms. The molecule has 2 heterocycles. The summed E-state index contributed by atoms with van der Waals surface area (Å²) in [7, 11) is 0. The van der Waals surface area contributed by atoms with Gasteiger partial charge in [-0.3, -0.25) is 4.79 Å². The van der Waals surface area contributed by atoms with E-state index in [1.165, 1.54) is 35.9 Å². The van der Waals surface area contributed by atoms with Crippen LogP contribution in [0.2, 0.25) is 0 Å². The number of nitrogens with one attached hydrogen (secondary N) is 1. The number of nitrogens with zero attached hydrogens (tertiary/aromatic N) is 4. The van der Waals surface area contributed by atoms with Crippen molar-refractivity contribution in [3.8, 4) is 6.07 Å². The van der Waals surface area contributed by atoms with E-state index < -0.39 is 0 Å². The number of hydrogen-bond donors (Lipinski definition) is 1. The van der Waals surface area contributed by atoms with Crippen molar-refractivity contribution in [2.75, 3.05) is 12.3 Å². The largest absolute Gasteiger partial charge is 0.354 e. The van der Waals surface area contributed by atoms with Crippen molar-refractivity contribution < 1.29 is 4.79 Å². The number of carbonyl (C=O) groups is 1. The molecule has 2 aromatic heterocycles. The summed E-state index contributed by atoms with van der Waals surface area (Å²) in [6.07, 6.45) is 7.19. The van der Waals surface area contributed by atoms with Gasteiger partial charge in [0.1, 0.15) is 5.82 Å². The summed E-state index contributed by atoms with van der Waals surface area (Å²) in [4.78, 5) is 13.2. The Bertz CT molecular complexity index is 744. The summed E-state index contributed by atoms with van der Waals surface area (Å²) in [5.74, 6) is 1.23. The maximum Gasteiger partial charge on any atom is 0.230 e. The monoisotopic (exact) mass is 389 g/mol. The molecule has 1 fully saturated rings. The van der Waals surface area contributed by atoms with Gasteiger partial charge in [-0.15, -0.1) is 21.5 Å². The van der Waals surface area contributed by atoms with Crippen LogP contribution < -0.4 is 5.32 Å². The first-order valence-electron chi connectivity index (χ1n) is 9.00. The van der Waals surface area contributed by atoms with E-state index >= 15 is 0 Å². The third kappa shape index (κ3) is 5.08. The van der Waals surface area contributed by atoms with Crippen LogP contribution in [0.1, 0.15) is 55.3 Å². The maximum absolute atomic E-state index is 11.9. The van der Waals surface area contributed by atoms with Crippen molar-refractivity contribution in [1.29, 1.82) is 5.26 Å². The molecule has 1 aliphatic rings. The van der Waals surface area contributed by atoms with Gasteiger partial charge in [-0.2, -0.15) is 5.26 Å². The first-order valence-corrected chi connectivity index (χ1v) is 10.9. The van der Waals surface area contributed by atoms with Crippen molar-refractivity contribution in [2.24, 2.45) is 0 Å². The predicted octanol–water partition coefficient (Wildman–Crippen LogP) is 3.56. The average Bonchev–Trinajstić information content (AvgIpc) is 3.31. The molecule has 26 heavy (non-hydrogen) atoms. The van der Waals surface area contributed by atoms with Crippen molar-refractivity contribution in [3.63, 3.8) is 0 Å². The van der Waals surface area contributed by atoms with Gasteiger partial charge in [0.15, 0.2) is 5.16 Å². The Morgan fingerprint density at radius 1 is 1.38 bits per heavy atom. The second kappa shape index (κ2) is 9.74. The van der Waals surface area contributed by atoms with Crippen LogP contribution in [0, 0.1) is 11.3 Å². The van der Waals surface area contributed by atoms with E-state index in [0.29, 0.717) is 24.8 Å². The Kier molecular flexibility index (Phi) is 7.09. The summed E-state index contributed by atoms with van der Waals surface area (Å²) in [6.45, 7) is 0.398. The molecule has 1 aliphatic carbocycles. The van der Waals surface area contributed by atoms with Crippen molar-refractivity contribution in [3.05, 3.63) is 28.2 Å². The lowest BCUT2D eigenvalue weighted by Gasteiger charge is -2.25. The van der Waals surface area contributed by atoms with Crippen LogP contribution in [0.15, 0.2) is 22.7 Å². The maximum atomic E-state index is 11.9. The van der Waals surface area contributed by atoms with Gasteiger partial charge in [0.25, 0.3) is 0 Å². The molecule has 138 valence electrons. The van der Waals surface area contributed by atoms with E-state index in [1.54, 1.807) is 11.3 Å². The van der Waals surface area contributed by atoms with Gasteiger partial charge in [0.2, 0.25) is 5.91 Å². The number of carbonyl (C=O) groups excluding carboxylic acids is 1. The Balaban J connectivity index is 1.70. The molecule has 1 amide bonds. The van der Waals surface area contributed by atoms with E-state index in [1.807, 2.05) is 6.07 Å². The Hall–Kier alpha value is -1.85. The normalized spacial score (nSPS) is 14.9. The zero-order valence-electron chi connectivity index (χ0n) is 14.7. The van der Waals surface area contributed by atoms with Gasteiger partial charge < -0.3 is 9.88 Å². The van der Waals surface area contributed by atoms with Gasteiger partial charge in [-0.1, -0.05) is 37.1 Å². The number of aromatic nitrogens is 3. The van der Waals surface area contributed by atoms with Gasteiger partial charge in [0, 0.05) is 23.9 Å². The Morgan fingerprint density at radius 3 is 2.96 bits per heavy atom. The number of thioether (sulfide) groups is 1. The molecule has 0 aliphatic heterocycles. The Morgan fingerprint density at radius 2 is 2.23 bits per heavy atom. The molecular formula is C18H23N5OS2. The van der Waals surface area contributed by atoms with Crippen molar-refractivity contribution >= 4 is 29.0 Å². The van der Waals surface area contributed by atoms with Crippen molar-refractivity contribution in [2.45, 2.75) is 56.1 Å². The lowest BCUT2D eigenvalue weighted by Crippen LogP contribution is -2.26. The van der Waals surface area contributed by atoms with E-state index in [0.717, 1.165) is 30.2 Å². The lowest BCUT2D eigenvalue weighted by atomic mass is 9.95. The SMILES string of the molecule is N#CCCNC(=O)CSc1nnc(Cc2cccs2)n1C1CCCCC1. The number of hydrogen-bond acceptors (Lipinski definition) is 6. The molecule has 0 saturated heterocycles. The van der Waals surface area contributed by atoms with Gasteiger partial charge in [0.05, 0.1) is 18.2 Å². The molecule has 0 radical (unpaired) electrons. The minimum Gasteiger partial charge on any atom is -0.354 e. The highest BCUT2D eigenvalue weighted by Gasteiger charge is 2.23. The smallest absolute Gasteiger partial charge is 0.230 e. The number of nitriles is 1. The predicted molar refractivity (Wildman–Crippen MR) is 103 cm³/mol. The average molecular weight is 390 g/mol. The van der Waals surface area contributed by atoms with Crippen LogP contribution in [0.5, 0.6) is 0 Å². The molecule has 0 aromatic carbocycles. The molecule has 0 spiro atoms. The highest BCUT2D eigenvalue weighted by molar-refractivity contribution is 7.99. The van der Waals surface area contributed by atoms with Crippen LogP contribution >= 0.6 is 23.1 Å². The van der Waals surface area contributed by atoms with Crippen LogP contribution in [-0.4, -0.2) is 33.0 Å². The van der Waals surface area contributed by atoms with Gasteiger partial charge >= 0.3 is 0 Å². The quantitative estimate of drug-likeness (QED) is 0.551. The molecule has 2 aromatic rings. The van der Waals surface area contributed by atoms with Crippen LogP contribution in [0.3, 0.4) is 0 Å². The van der Waals surface area contributed by atoms with E-state index in [9.17, 15) is 4.79 Å². The molecule has 3 rings (SSSR count). The fraction of sp³-hybridized carbons (Fsp3) is 0.556. The highest BCUT2D eigenvalue weighted by atomic mass is 32.2. The first-order chi connectivity index (χ1) is 12.8. The minimum atomic E-state index is -0.0664. The van der Waals surface area contributed by atoms with Gasteiger partial charge in [-0.05, 0) is 24.3 Å². The molecule has 0 atom stereocenters. The minimum absolute atomic E-state index is 0.0664. The third-order valence-electron chi connectivity index (χ3n) is 4.48. The molecule has 1 N–H and O–H groups in total. The summed E-state index contributed by atoms with van der Waals surface area (Å²) in [6, 6.07) is 6.64. The second-order valence-electron chi connectivity index (χ2n) is 6.36. The Labute approximate surface area is 162 Å². The fourth-order valence-corrected chi connectivity index (χ4v) is 4.80. The van der Waals surface area contributed by atoms with Crippen molar-refractivity contribution in [1.82, 2.24) is 20.1 Å². The van der Waals surface area contributed by atoms with E-state index in [4.69, 9.17) is 5.26 Å². The second-order valence-corrected chi connectivity index (χ2v) is 8.34. The van der Waals surface area contributed by atoms with E-state index in [-0.39, 0.29) is 5.91 Å². The lowest BCUT2D eigenvalue weighted by molar-refractivity contribution is -0.118. The fourth-order valence-electron chi connectivity index (χ4n) is 3.24. The van der Waals surface area contributed by atoms with Gasteiger partial charge in [-0.25, -0.2) is 0 Å². The summed E-state index contributed by atoms with van der Waals surface area (Å²) in [5.41, 5.74) is 0. The summed E-state index contributed by atoms with van der Waals surface area (Å²) in [5, 5.41) is 23.1. The molecule has 6 nitrogen and oxygen atoms in total. The zero-order chi connectivity index (χ0) is 18.2. The standard InChI is InChI=1S/C18H23N5OS2/c19-9-5-10-20-17(24)13-26-18-22-21-16(12-15-8-4-11-25-15)23(18)14-6-2-1-3-7-14/h4,8,11,14H,1-3,5-7,10,12-13H2,(H,20,24). The number of thiophene rings is 1. The zero-order valence-corrected chi connectivity index (χ0v) is 16.3.